The fourth-order valence-corrected chi connectivity index (χ4v) is 2.78. The number of rotatable bonds is 3. The van der Waals surface area contributed by atoms with Crippen LogP contribution in [0.25, 0.3) is 0 Å². The van der Waals surface area contributed by atoms with Gasteiger partial charge in [-0.05, 0) is 24.4 Å². The van der Waals surface area contributed by atoms with E-state index in [9.17, 15) is 9.59 Å². The van der Waals surface area contributed by atoms with Crippen LogP contribution < -0.4 is 5.32 Å². The molecular weight excluding hydrogens is 262 g/mol. The molecule has 1 aromatic heterocycles. The lowest BCUT2D eigenvalue weighted by molar-refractivity contribution is -0.131. The molecular formula is C13H19N3O2S. The first-order chi connectivity index (χ1) is 9.18. The Labute approximate surface area is 117 Å². The van der Waals surface area contributed by atoms with Crippen LogP contribution >= 0.6 is 11.3 Å². The predicted octanol–water partition coefficient (Wildman–Crippen LogP) is 0.642. The molecule has 2 amide bonds. The zero-order valence-electron chi connectivity index (χ0n) is 11.1. The average Bonchev–Trinajstić information content (AvgIpc) is 2.79. The lowest BCUT2D eigenvalue weighted by Crippen LogP contribution is -2.42. The standard InChI is InChI=1S/C13H19N3O2S/c1-15(13(18)11-4-2-9-19-11)10-12(17)16-7-3-5-14-6-8-16/h2,4,9,14H,3,5-8,10H2,1H3. The molecule has 1 aromatic rings. The highest BCUT2D eigenvalue weighted by Crippen LogP contribution is 2.11. The molecule has 1 aliphatic heterocycles. The number of nitrogens with one attached hydrogen (secondary N) is 1. The molecule has 0 saturated carbocycles. The van der Waals surface area contributed by atoms with Gasteiger partial charge in [0, 0.05) is 26.7 Å². The molecule has 2 heterocycles. The fraction of sp³-hybridized carbons (Fsp3) is 0.538. The summed E-state index contributed by atoms with van der Waals surface area (Å²) < 4.78 is 0. The molecule has 1 N–H and O–H groups in total. The topological polar surface area (TPSA) is 52.7 Å². The van der Waals surface area contributed by atoms with Crippen molar-refractivity contribution in [1.82, 2.24) is 15.1 Å². The molecule has 1 saturated heterocycles. The first kappa shape index (κ1) is 14.0. The first-order valence-electron chi connectivity index (χ1n) is 6.46. The van der Waals surface area contributed by atoms with Crippen molar-refractivity contribution in [2.24, 2.45) is 0 Å². The molecule has 19 heavy (non-hydrogen) atoms. The first-order valence-corrected chi connectivity index (χ1v) is 7.34. The van der Waals surface area contributed by atoms with Crippen molar-refractivity contribution in [1.29, 1.82) is 0 Å². The highest BCUT2D eigenvalue weighted by molar-refractivity contribution is 7.12. The lowest BCUT2D eigenvalue weighted by atomic mass is 10.3. The Balaban J connectivity index is 1.89. The Hall–Kier alpha value is -1.40. The van der Waals surface area contributed by atoms with Gasteiger partial charge in [0.2, 0.25) is 5.91 Å². The van der Waals surface area contributed by atoms with Crippen molar-refractivity contribution in [3.8, 4) is 0 Å². The van der Waals surface area contributed by atoms with Crippen molar-refractivity contribution < 1.29 is 9.59 Å². The summed E-state index contributed by atoms with van der Waals surface area (Å²) in [7, 11) is 1.68. The third-order valence-corrected chi connectivity index (χ3v) is 4.00. The quantitative estimate of drug-likeness (QED) is 0.885. The molecule has 1 aliphatic rings. The minimum atomic E-state index is -0.0868. The number of hydrogen-bond acceptors (Lipinski definition) is 4. The van der Waals surface area contributed by atoms with E-state index in [1.807, 2.05) is 16.3 Å². The predicted molar refractivity (Wildman–Crippen MR) is 75.3 cm³/mol. The van der Waals surface area contributed by atoms with Gasteiger partial charge in [-0.15, -0.1) is 11.3 Å². The molecule has 5 nitrogen and oxygen atoms in total. The van der Waals surface area contributed by atoms with Gasteiger partial charge in [0.1, 0.15) is 0 Å². The van der Waals surface area contributed by atoms with E-state index in [-0.39, 0.29) is 18.4 Å². The van der Waals surface area contributed by atoms with Crippen LogP contribution in [0.3, 0.4) is 0 Å². The number of nitrogens with zero attached hydrogens (tertiary/aromatic N) is 2. The van der Waals surface area contributed by atoms with Gasteiger partial charge in [0.05, 0.1) is 11.4 Å². The molecule has 0 spiro atoms. The maximum absolute atomic E-state index is 12.1. The summed E-state index contributed by atoms with van der Waals surface area (Å²) in [4.78, 5) is 28.2. The van der Waals surface area contributed by atoms with E-state index < -0.39 is 0 Å². The number of carbonyl (C=O) groups is 2. The SMILES string of the molecule is CN(CC(=O)N1CCCNCC1)C(=O)c1cccs1. The van der Waals surface area contributed by atoms with Crippen LogP contribution in [0.2, 0.25) is 0 Å². The van der Waals surface area contributed by atoms with Gasteiger partial charge in [-0.25, -0.2) is 0 Å². The fourth-order valence-electron chi connectivity index (χ4n) is 2.06. The summed E-state index contributed by atoms with van der Waals surface area (Å²) in [5, 5.41) is 5.12. The normalized spacial score (nSPS) is 15.9. The van der Waals surface area contributed by atoms with E-state index in [1.165, 1.54) is 16.2 Å². The van der Waals surface area contributed by atoms with E-state index in [1.54, 1.807) is 13.1 Å². The number of hydrogen-bond donors (Lipinski definition) is 1. The van der Waals surface area contributed by atoms with Gasteiger partial charge in [0.15, 0.2) is 0 Å². The van der Waals surface area contributed by atoms with Gasteiger partial charge < -0.3 is 15.1 Å². The van der Waals surface area contributed by atoms with E-state index in [2.05, 4.69) is 5.32 Å². The number of amides is 2. The zero-order valence-corrected chi connectivity index (χ0v) is 11.9. The molecule has 1 fully saturated rings. The second-order valence-corrected chi connectivity index (χ2v) is 5.57. The molecule has 0 atom stereocenters. The minimum Gasteiger partial charge on any atom is -0.340 e. The summed E-state index contributed by atoms with van der Waals surface area (Å²) >= 11 is 1.40. The van der Waals surface area contributed by atoms with Crippen LogP contribution in [0.4, 0.5) is 0 Å². The molecule has 0 unspecified atom stereocenters. The highest BCUT2D eigenvalue weighted by atomic mass is 32.1. The monoisotopic (exact) mass is 281 g/mol. The van der Waals surface area contributed by atoms with Gasteiger partial charge >= 0.3 is 0 Å². The Morgan fingerprint density at radius 3 is 3.00 bits per heavy atom. The van der Waals surface area contributed by atoms with Crippen LogP contribution in [-0.2, 0) is 4.79 Å². The van der Waals surface area contributed by atoms with Crippen molar-refractivity contribution in [2.75, 3.05) is 39.8 Å². The van der Waals surface area contributed by atoms with Gasteiger partial charge in [-0.1, -0.05) is 6.07 Å². The maximum atomic E-state index is 12.1. The van der Waals surface area contributed by atoms with Gasteiger partial charge in [0.25, 0.3) is 5.91 Å². The molecule has 6 heteroatoms. The summed E-state index contributed by atoms with van der Waals surface area (Å²) in [6, 6.07) is 3.62. The summed E-state index contributed by atoms with van der Waals surface area (Å²) in [6.45, 7) is 3.42. The van der Waals surface area contributed by atoms with Crippen LogP contribution in [0, 0.1) is 0 Å². The third-order valence-electron chi connectivity index (χ3n) is 3.14. The average molecular weight is 281 g/mol. The van der Waals surface area contributed by atoms with Gasteiger partial charge in [-0.2, -0.15) is 0 Å². The summed E-state index contributed by atoms with van der Waals surface area (Å²) in [6.07, 6.45) is 0.967. The molecule has 2 rings (SSSR count). The molecule has 0 radical (unpaired) electrons. The van der Waals surface area contributed by atoms with Crippen LogP contribution in [0.15, 0.2) is 17.5 Å². The number of likely N-dealkylation sites (N-methyl/N-ethyl adjacent to an activating group) is 1. The Bertz CT molecular complexity index is 425. The Morgan fingerprint density at radius 2 is 2.26 bits per heavy atom. The van der Waals surface area contributed by atoms with Gasteiger partial charge in [-0.3, -0.25) is 9.59 Å². The van der Waals surface area contributed by atoms with Crippen LogP contribution in [0.5, 0.6) is 0 Å². The van der Waals surface area contributed by atoms with Crippen LogP contribution in [-0.4, -0.2) is 61.4 Å². The van der Waals surface area contributed by atoms with Crippen molar-refractivity contribution in [3.63, 3.8) is 0 Å². The highest BCUT2D eigenvalue weighted by Gasteiger charge is 2.20. The number of carbonyl (C=O) groups excluding carboxylic acids is 2. The molecule has 0 bridgehead atoms. The smallest absolute Gasteiger partial charge is 0.264 e. The van der Waals surface area contributed by atoms with Crippen LogP contribution in [0.1, 0.15) is 16.1 Å². The molecule has 0 aromatic carbocycles. The van der Waals surface area contributed by atoms with Crippen molar-refractivity contribution in [2.45, 2.75) is 6.42 Å². The van der Waals surface area contributed by atoms with E-state index in [0.29, 0.717) is 4.88 Å². The summed E-state index contributed by atoms with van der Waals surface area (Å²) in [5.74, 6) is -0.0626. The Morgan fingerprint density at radius 1 is 1.42 bits per heavy atom. The minimum absolute atomic E-state index is 0.0242. The van der Waals surface area contributed by atoms with Crippen molar-refractivity contribution in [3.05, 3.63) is 22.4 Å². The van der Waals surface area contributed by atoms with Crippen molar-refractivity contribution >= 4 is 23.2 Å². The van der Waals surface area contributed by atoms with E-state index in [4.69, 9.17) is 0 Å². The summed E-state index contributed by atoms with van der Waals surface area (Å²) in [5.41, 5.74) is 0. The second kappa shape index (κ2) is 6.68. The zero-order chi connectivity index (χ0) is 13.7. The molecule has 0 aliphatic carbocycles. The van der Waals surface area contributed by atoms with E-state index in [0.717, 1.165) is 32.6 Å². The van der Waals surface area contributed by atoms with E-state index >= 15 is 0 Å². The third kappa shape index (κ3) is 3.78. The lowest BCUT2D eigenvalue weighted by Gasteiger charge is -2.23. The number of thiophene rings is 1. The maximum Gasteiger partial charge on any atom is 0.264 e. The molecule has 104 valence electrons. The Kier molecular flexibility index (Phi) is 4.93. The largest absolute Gasteiger partial charge is 0.340 e. The second-order valence-electron chi connectivity index (χ2n) is 4.62.